The number of carbonyl (C=O) groups excluding carboxylic acids is 1. The van der Waals surface area contributed by atoms with Gasteiger partial charge in [0.25, 0.3) is 0 Å². The molecule has 0 saturated carbocycles. The molecule has 0 aromatic heterocycles. The Balaban J connectivity index is 1.58. The van der Waals surface area contributed by atoms with E-state index in [0.29, 0.717) is 31.4 Å². The summed E-state index contributed by atoms with van der Waals surface area (Å²) < 4.78 is 6.03. The quantitative estimate of drug-likeness (QED) is 0.922. The molecular weight excluding hydrogens is 300 g/mol. The van der Waals surface area contributed by atoms with E-state index in [1.165, 1.54) is 24.0 Å². The molecule has 1 aromatic rings. The van der Waals surface area contributed by atoms with Gasteiger partial charge in [-0.25, -0.2) is 0 Å². The second kappa shape index (κ2) is 8.13. The van der Waals surface area contributed by atoms with Crippen molar-refractivity contribution in [3.05, 3.63) is 35.4 Å². The minimum Gasteiger partial charge on any atom is -0.370 e. The summed E-state index contributed by atoms with van der Waals surface area (Å²) in [5.41, 5.74) is 2.44. The molecule has 1 N–H and O–H groups in total. The van der Waals surface area contributed by atoms with Crippen LogP contribution in [0.1, 0.15) is 49.8 Å². The summed E-state index contributed by atoms with van der Waals surface area (Å²) in [6, 6.07) is 8.50. The standard InChI is InChI=1S/C20H30N2O2/c1-15-5-3-4-6-18(15)19-13-22(16(2)14-24-19)20(23)8-7-17-9-11-21-12-10-17/h3-6,16-17,19,21H,7-14H2,1-2H3/t16-,19-/m0/s1. The van der Waals surface area contributed by atoms with Crippen LogP contribution in [0.25, 0.3) is 0 Å². The van der Waals surface area contributed by atoms with E-state index in [1.54, 1.807) is 0 Å². The second-order valence-electron chi connectivity index (χ2n) is 7.31. The van der Waals surface area contributed by atoms with E-state index in [9.17, 15) is 4.79 Å². The molecule has 4 nitrogen and oxygen atoms in total. The highest BCUT2D eigenvalue weighted by atomic mass is 16.5. The maximum Gasteiger partial charge on any atom is 0.222 e. The predicted molar refractivity (Wildman–Crippen MR) is 95.9 cm³/mol. The summed E-state index contributed by atoms with van der Waals surface area (Å²) >= 11 is 0. The first-order chi connectivity index (χ1) is 11.6. The molecule has 2 saturated heterocycles. The lowest BCUT2D eigenvalue weighted by Gasteiger charge is -2.39. The highest BCUT2D eigenvalue weighted by Gasteiger charge is 2.31. The predicted octanol–water partition coefficient (Wildman–Crippen LogP) is 3.06. The SMILES string of the molecule is Cc1ccccc1[C@@H]1CN(C(=O)CCC2CCNCC2)[C@@H](C)CO1. The van der Waals surface area contributed by atoms with Crippen molar-refractivity contribution in [3.8, 4) is 0 Å². The van der Waals surface area contributed by atoms with Crippen LogP contribution in [-0.4, -0.2) is 43.1 Å². The van der Waals surface area contributed by atoms with Gasteiger partial charge in [0.2, 0.25) is 5.91 Å². The molecule has 24 heavy (non-hydrogen) atoms. The van der Waals surface area contributed by atoms with Crippen LogP contribution in [0.3, 0.4) is 0 Å². The summed E-state index contributed by atoms with van der Waals surface area (Å²) in [5.74, 6) is 1.00. The number of hydrogen-bond acceptors (Lipinski definition) is 3. The molecule has 2 atom stereocenters. The van der Waals surface area contributed by atoms with Crippen LogP contribution in [-0.2, 0) is 9.53 Å². The monoisotopic (exact) mass is 330 g/mol. The van der Waals surface area contributed by atoms with E-state index in [-0.39, 0.29) is 12.1 Å². The Labute approximate surface area is 145 Å². The van der Waals surface area contributed by atoms with Crippen molar-refractivity contribution < 1.29 is 9.53 Å². The Kier molecular flexibility index (Phi) is 5.90. The molecular formula is C20H30N2O2. The highest BCUT2D eigenvalue weighted by molar-refractivity contribution is 5.76. The molecule has 2 fully saturated rings. The maximum absolute atomic E-state index is 12.8. The van der Waals surface area contributed by atoms with Crippen molar-refractivity contribution in [2.24, 2.45) is 5.92 Å². The topological polar surface area (TPSA) is 41.6 Å². The van der Waals surface area contributed by atoms with Crippen molar-refractivity contribution in [1.29, 1.82) is 0 Å². The van der Waals surface area contributed by atoms with Gasteiger partial charge >= 0.3 is 0 Å². The fraction of sp³-hybridized carbons (Fsp3) is 0.650. The lowest BCUT2D eigenvalue weighted by molar-refractivity contribution is -0.144. The van der Waals surface area contributed by atoms with E-state index in [0.717, 1.165) is 19.5 Å². The molecule has 2 heterocycles. The fourth-order valence-corrected chi connectivity index (χ4v) is 3.88. The molecule has 0 radical (unpaired) electrons. The van der Waals surface area contributed by atoms with Gasteiger partial charge in [-0.2, -0.15) is 0 Å². The van der Waals surface area contributed by atoms with Gasteiger partial charge in [0.05, 0.1) is 19.2 Å². The molecule has 3 rings (SSSR count). The molecule has 2 aliphatic rings. The smallest absolute Gasteiger partial charge is 0.222 e. The Morgan fingerprint density at radius 2 is 2.04 bits per heavy atom. The molecule has 0 unspecified atom stereocenters. The van der Waals surface area contributed by atoms with Crippen LogP contribution >= 0.6 is 0 Å². The van der Waals surface area contributed by atoms with Gasteiger partial charge < -0.3 is 15.0 Å². The van der Waals surface area contributed by atoms with E-state index < -0.39 is 0 Å². The average molecular weight is 330 g/mol. The highest BCUT2D eigenvalue weighted by Crippen LogP contribution is 2.28. The molecule has 0 aliphatic carbocycles. The summed E-state index contributed by atoms with van der Waals surface area (Å²) in [6.45, 7) is 7.70. The minimum absolute atomic E-state index is 0.00484. The molecule has 2 aliphatic heterocycles. The van der Waals surface area contributed by atoms with Gasteiger partial charge in [0, 0.05) is 6.42 Å². The minimum atomic E-state index is 0.00484. The number of nitrogens with one attached hydrogen (secondary N) is 1. The van der Waals surface area contributed by atoms with Crippen LogP contribution in [0.2, 0.25) is 0 Å². The first-order valence-corrected chi connectivity index (χ1v) is 9.32. The summed E-state index contributed by atoms with van der Waals surface area (Å²) in [6.07, 6.45) is 4.12. The fourth-order valence-electron chi connectivity index (χ4n) is 3.88. The van der Waals surface area contributed by atoms with Crippen LogP contribution in [0.5, 0.6) is 0 Å². The van der Waals surface area contributed by atoms with Gasteiger partial charge in [0.1, 0.15) is 6.10 Å². The molecule has 0 spiro atoms. The number of aryl methyl sites for hydroxylation is 1. The lowest BCUT2D eigenvalue weighted by atomic mass is 9.92. The number of hydrogen-bond donors (Lipinski definition) is 1. The zero-order chi connectivity index (χ0) is 16.9. The zero-order valence-electron chi connectivity index (χ0n) is 15.0. The number of nitrogens with zero attached hydrogens (tertiary/aromatic N) is 1. The van der Waals surface area contributed by atoms with Gasteiger partial charge in [-0.3, -0.25) is 4.79 Å². The van der Waals surface area contributed by atoms with Crippen molar-refractivity contribution in [3.63, 3.8) is 0 Å². The van der Waals surface area contributed by atoms with Gasteiger partial charge in [-0.05, 0) is 63.2 Å². The molecule has 1 amide bonds. The number of benzene rings is 1. The third-order valence-electron chi connectivity index (χ3n) is 5.51. The first-order valence-electron chi connectivity index (χ1n) is 9.32. The van der Waals surface area contributed by atoms with Crippen LogP contribution < -0.4 is 5.32 Å². The van der Waals surface area contributed by atoms with Gasteiger partial charge in [0.15, 0.2) is 0 Å². The third-order valence-corrected chi connectivity index (χ3v) is 5.51. The van der Waals surface area contributed by atoms with E-state index in [2.05, 4.69) is 31.3 Å². The van der Waals surface area contributed by atoms with Crippen LogP contribution in [0.15, 0.2) is 24.3 Å². The van der Waals surface area contributed by atoms with Crippen molar-refractivity contribution in [1.82, 2.24) is 10.2 Å². The molecule has 132 valence electrons. The Hall–Kier alpha value is -1.39. The maximum atomic E-state index is 12.8. The summed E-state index contributed by atoms with van der Waals surface area (Å²) in [4.78, 5) is 14.8. The van der Waals surface area contributed by atoms with Crippen LogP contribution in [0, 0.1) is 12.8 Å². The number of carbonyl (C=O) groups is 1. The summed E-state index contributed by atoms with van der Waals surface area (Å²) in [5, 5.41) is 3.39. The van der Waals surface area contributed by atoms with Crippen LogP contribution in [0.4, 0.5) is 0 Å². The lowest BCUT2D eigenvalue weighted by Crippen LogP contribution is -2.48. The number of piperidine rings is 1. The summed E-state index contributed by atoms with van der Waals surface area (Å²) in [7, 11) is 0. The molecule has 0 bridgehead atoms. The average Bonchev–Trinajstić information content (AvgIpc) is 2.61. The van der Waals surface area contributed by atoms with Crippen molar-refractivity contribution >= 4 is 5.91 Å². The molecule has 1 aromatic carbocycles. The second-order valence-corrected chi connectivity index (χ2v) is 7.31. The van der Waals surface area contributed by atoms with Gasteiger partial charge in [-0.15, -0.1) is 0 Å². The number of morpholine rings is 1. The molecule has 4 heteroatoms. The van der Waals surface area contributed by atoms with Gasteiger partial charge in [-0.1, -0.05) is 24.3 Å². The Morgan fingerprint density at radius 1 is 1.29 bits per heavy atom. The zero-order valence-corrected chi connectivity index (χ0v) is 15.0. The number of rotatable bonds is 4. The normalized spacial score (nSPS) is 25.7. The third kappa shape index (κ3) is 4.17. The Bertz CT molecular complexity index is 554. The largest absolute Gasteiger partial charge is 0.370 e. The van der Waals surface area contributed by atoms with Crippen molar-refractivity contribution in [2.75, 3.05) is 26.2 Å². The number of amides is 1. The van der Waals surface area contributed by atoms with E-state index in [4.69, 9.17) is 4.74 Å². The number of ether oxygens (including phenoxy) is 1. The van der Waals surface area contributed by atoms with Crippen molar-refractivity contribution in [2.45, 2.75) is 51.7 Å². The first kappa shape index (κ1) is 17.4. The van der Waals surface area contributed by atoms with E-state index in [1.807, 2.05) is 17.0 Å². The van der Waals surface area contributed by atoms with E-state index >= 15 is 0 Å². The Morgan fingerprint density at radius 3 is 2.79 bits per heavy atom.